The average molecular weight is 701 g/mol. The highest BCUT2D eigenvalue weighted by atomic mass is 16.6. The Morgan fingerprint density at radius 3 is 1.25 bits per heavy atom. The number of carbonyl (C=O) groups is 4. The first-order valence-electron chi connectivity index (χ1n) is 17.1. The molecule has 0 aliphatic carbocycles. The molecule has 9 nitrogen and oxygen atoms in total. The largest absolute Gasteiger partial charge is 0.459 e. The molecule has 0 fully saturated rings. The van der Waals surface area contributed by atoms with E-state index in [1.165, 1.54) is 0 Å². The summed E-state index contributed by atoms with van der Waals surface area (Å²) in [6, 6.07) is 43.5. The number of esters is 4. The summed E-state index contributed by atoms with van der Waals surface area (Å²) in [7, 11) is 0. The van der Waals surface area contributed by atoms with Gasteiger partial charge in [0.15, 0.2) is 0 Å². The van der Waals surface area contributed by atoms with Crippen molar-refractivity contribution in [1.29, 1.82) is 0 Å². The topological polar surface area (TPSA) is 114 Å². The molecule has 0 unspecified atom stereocenters. The van der Waals surface area contributed by atoms with Crippen LogP contribution in [-0.4, -0.2) is 55.4 Å². The monoisotopic (exact) mass is 700 g/mol. The van der Waals surface area contributed by atoms with Gasteiger partial charge in [0, 0.05) is 19.3 Å². The Morgan fingerprint density at radius 1 is 0.423 bits per heavy atom. The Kier molecular flexibility index (Phi) is 14.3. The van der Waals surface area contributed by atoms with Crippen molar-refractivity contribution in [1.82, 2.24) is 0 Å². The van der Waals surface area contributed by atoms with Crippen molar-refractivity contribution < 1.29 is 42.9 Å². The second kappa shape index (κ2) is 20.0. The lowest BCUT2D eigenvalue weighted by Gasteiger charge is -2.27. The van der Waals surface area contributed by atoms with Crippen LogP contribution in [0.4, 0.5) is 0 Å². The van der Waals surface area contributed by atoms with Gasteiger partial charge in [-0.15, -0.1) is 0 Å². The highest BCUT2D eigenvalue weighted by Crippen LogP contribution is 2.22. The number of rotatable bonds is 18. The lowest BCUT2D eigenvalue weighted by Crippen LogP contribution is -2.35. The Balaban J connectivity index is 1.37. The van der Waals surface area contributed by atoms with E-state index >= 15 is 0 Å². The van der Waals surface area contributed by atoms with Crippen LogP contribution >= 0.6 is 0 Å². The van der Waals surface area contributed by atoms with E-state index in [0.29, 0.717) is 28.9 Å². The predicted octanol–water partition coefficient (Wildman–Crippen LogP) is 7.91. The minimum Gasteiger partial charge on any atom is -0.459 e. The van der Waals surface area contributed by atoms with Gasteiger partial charge in [-0.25, -0.2) is 19.2 Å². The maximum Gasteiger partial charge on any atom is 0.338 e. The van der Waals surface area contributed by atoms with Crippen molar-refractivity contribution in [3.63, 3.8) is 0 Å². The molecule has 0 spiro atoms. The summed E-state index contributed by atoms with van der Waals surface area (Å²) >= 11 is 0. The maximum atomic E-state index is 13.4. The molecule has 3 atom stereocenters. The number of hydrogen-bond donors (Lipinski definition) is 0. The number of carbonyl (C=O) groups excluding carboxylic acids is 4. The van der Waals surface area contributed by atoms with Crippen LogP contribution in [0.1, 0.15) is 66.3 Å². The van der Waals surface area contributed by atoms with E-state index in [2.05, 4.69) is 0 Å². The Hall–Kier alpha value is -6.06. The summed E-state index contributed by atoms with van der Waals surface area (Å²) in [5, 5.41) is 0. The van der Waals surface area contributed by atoms with Crippen LogP contribution in [0.5, 0.6) is 0 Å². The first-order valence-corrected chi connectivity index (χ1v) is 17.1. The minimum absolute atomic E-state index is 0.0395. The van der Waals surface area contributed by atoms with Gasteiger partial charge in [-0.1, -0.05) is 103 Å². The van der Waals surface area contributed by atoms with Crippen molar-refractivity contribution in [2.75, 3.05) is 13.2 Å². The van der Waals surface area contributed by atoms with E-state index < -0.39 is 42.2 Å². The molecule has 0 N–H and O–H groups in total. The van der Waals surface area contributed by atoms with E-state index in [1.807, 2.05) is 30.3 Å². The third kappa shape index (κ3) is 12.1. The van der Waals surface area contributed by atoms with Gasteiger partial charge in [0.05, 0.1) is 35.5 Å². The molecule has 0 saturated heterocycles. The fraction of sp³-hybridized carbons (Fsp3) is 0.209. The average Bonchev–Trinajstić information content (AvgIpc) is 3.20. The van der Waals surface area contributed by atoms with Gasteiger partial charge in [-0.3, -0.25) is 0 Å². The standard InChI is InChI=1S/C43H40O9/c44-40(33-18-8-2-9-19-33)49-31-39(52-43(47)36-24-14-5-15-25-36)29-38(51-42(46)35-22-12-4-13-23-35)28-37(50-41(45)34-20-10-3-11-21-34)26-27-48-30-32-16-6-1-7-17-32/h1-25,37-39H,26-31H2/t37-,38-,39-/m0/s1. The van der Waals surface area contributed by atoms with Gasteiger partial charge >= 0.3 is 23.9 Å². The van der Waals surface area contributed by atoms with Gasteiger partial charge in [-0.2, -0.15) is 0 Å². The normalized spacial score (nSPS) is 12.5. The number of hydrogen-bond acceptors (Lipinski definition) is 9. The second-order valence-electron chi connectivity index (χ2n) is 11.9. The van der Waals surface area contributed by atoms with E-state index in [9.17, 15) is 19.2 Å². The molecule has 5 aromatic carbocycles. The summed E-state index contributed by atoms with van der Waals surface area (Å²) < 4.78 is 29.4. The van der Waals surface area contributed by atoms with Crippen LogP contribution in [0.3, 0.4) is 0 Å². The van der Waals surface area contributed by atoms with Gasteiger partial charge in [-0.05, 0) is 54.1 Å². The molecular formula is C43H40O9. The molecule has 0 radical (unpaired) electrons. The quantitative estimate of drug-likeness (QED) is 0.0511. The molecule has 266 valence electrons. The van der Waals surface area contributed by atoms with Crippen molar-refractivity contribution in [3.8, 4) is 0 Å². The maximum absolute atomic E-state index is 13.4. The molecule has 5 rings (SSSR count). The van der Waals surface area contributed by atoms with E-state index in [-0.39, 0.29) is 32.5 Å². The van der Waals surface area contributed by atoms with E-state index in [4.69, 9.17) is 23.7 Å². The van der Waals surface area contributed by atoms with Crippen molar-refractivity contribution in [2.24, 2.45) is 0 Å². The number of ether oxygens (including phenoxy) is 5. The highest BCUT2D eigenvalue weighted by Gasteiger charge is 2.30. The molecule has 9 heteroatoms. The molecule has 0 saturated carbocycles. The summed E-state index contributed by atoms with van der Waals surface area (Å²) in [6.45, 7) is 0.277. The second-order valence-corrected chi connectivity index (χ2v) is 11.9. The zero-order valence-electron chi connectivity index (χ0n) is 28.6. The van der Waals surface area contributed by atoms with Gasteiger partial charge < -0.3 is 23.7 Å². The van der Waals surface area contributed by atoms with Crippen LogP contribution in [0.2, 0.25) is 0 Å². The summed E-state index contributed by atoms with van der Waals surface area (Å²) in [5.41, 5.74) is 2.28. The molecule has 0 aromatic heterocycles. The smallest absolute Gasteiger partial charge is 0.338 e. The first kappa shape index (κ1) is 37.2. The zero-order valence-corrected chi connectivity index (χ0v) is 28.6. The summed E-state index contributed by atoms with van der Waals surface area (Å²) in [4.78, 5) is 52.9. The zero-order chi connectivity index (χ0) is 36.4. The molecule has 5 aromatic rings. The van der Waals surface area contributed by atoms with Gasteiger partial charge in [0.1, 0.15) is 24.9 Å². The summed E-state index contributed by atoms with van der Waals surface area (Å²) in [5.74, 6) is -2.42. The van der Waals surface area contributed by atoms with Crippen molar-refractivity contribution in [3.05, 3.63) is 179 Å². The molecular weight excluding hydrogens is 660 g/mol. The predicted molar refractivity (Wildman–Crippen MR) is 194 cm³/mol. The van der Waals surface area contributed by atoms with Crippen molar-refractivity contribution in [2.45, 2.75) is 44.2 Å². The molecule has 0 heterocycles. The molecule has 0 aliphatic heterocycles. The van der Waals surface area contributed by atoms with Crippen LogP contribution in [0, 0.1) is 0 Å². The van der Waals surface area contributed by atoms with Crippen LogP contribution in [0.15, 0.2) is 152 Å². The van der Waals surface area contributed by atoms with Crippen LogP contribution in [-0.2, 0) is 30.3 Å². The Morgan fingerprint density at radius 2 is 0.788 bits per heavy atom. The molecule has 0 bridgehead atoms. The fourth-order valence-electron chi connectivity index (χ4n) is 5.34. The van der Waals surface area contributed by atoms with Gasteiger partial charge in [0.2, 0.25) is 0 Å². The van der Waals surface area contributed by atoms with Crippen LogP contribution in [0.25, 0.3) is 0 Å². The van der Waals surface area contributed by atoms with Crippen molar-refractivity contribution >= 4 is 23.9 Å². The molecule has 0 aliphatic rings. The van der Waals surface area contributed by atoms with Gasteiger partial charge in [0.25, 0.3) is 0 Å². The SMILES string of the molecule is O=C(OC[C@H](C[C@H](C[C@H](CCOCc1ccccc1)OC(=O)c1ccccc1)OC(=O)c1ccccc1)OC(=O)c1ccccc1)c1ccccc1. The van der Waals surface area contributed by atoms with E-state index in [1.54, 1.807) is 121 Å². The lowest BCUT2D eigenvalue weighted by atomic mass is 10.0. The minimum atomic E-state index is -1.03. The Labute approximate surface area is 303 Å². The van der Waals surface area contributed by atoms with E-state index in [0.717, 1.165) is 5.56 Å². The lowest BCUT2D eigenvalue weighted by molar-refractivity contribution is -0.0377. The highest BCUT2D eigenvalue weighted by molar-refractivity contribution is 5.91. The summed E-state index contributed by atoms with van der Waals surface area (Å²) in [6.07, 6.45) is -2.49. The first-order chi connectivity index (χ1) is 25.4. The van der Waals surface area contributed by atoms with Crippen LogP contribution < -0.4 is 0 Å². The third-order valence-electron chi connectivity index (χ3n) is 8.01. The Bertz CT molecular complexity index is 1830. The fourth-order valence-corrected chi connectivity index (χ4v) is 5.34. The number of benzene rings is 5. The third-order valence-corrected chi connectivity index (χ3v) is 8.01. The molecule has 0 amide bonds. The molecule has 52 heavy (non-hydrogen) atoms.